The van der Waals surface area contributed by atoms with E-state index in [0.717, 1.165) is 0 Å². The molecule has 0 spiro atoms. The number of allylic oxidation sites excluding steroid dienone is 1. The van der Waals surface area contributed by atoms with E-state index in [1.165, 1.54) is 0 Å². The monoisotopic (exact) mass is 273 g/mol. The first-order valence-electron chi connectivity index (χ1n) is 6.66. The van der Waals surface area contributed by atoms with Crippen molar-refractivity contribution in [2.45, 2.75) is 27.7 Å². The number of aliphatic hydroxyl groups excluding tert-OH is 1. The van der Waals surface area contributed by atoms with Gasteiger partial charge in [0.1, 0.15) is 12.4 Å². The molecule has 0 fully saturated rings. The summed E-state index contributed by atoms with van der Waals surface area (Å²) < 4.78 is 0. The van der Waals surface area contributed by atoms with Crippen LogP contribution in [0.2, 0.25) is 0 Å². The Hall–Kier alpha value is -2.10. The van der Waals surface area contributed by atoms with Gasteiger partial charge in [-0.05, 0) is 6.92 Å². The third-order valence-electron chi connectivity index (χ3n) is 3.12. The summed E-state index contributed by atoms with van der Waals surface area (Å²) in [4.78, 5) is 17.6. The highest BCUT2D eigenvalue weighted by molar-refractivity contribution is 6.36. The summed E-state index contributed by atoms with van der Waals surface area (Å²) >= 11 is 0. The molecule has 0 unspecified atom stereocenters. The lowest BCUT2D eigenvalue weighted by atomic mass is 9.84. The Labute approximate surface area is 118 Å². The largest absolute Gasteiger partial charge is 0.506 e. The molecule has 1 aliphatic carbocycles. The van der Waals surface area contributed by atoms with Gasteiger partial charge in [-0.2, -0.15) is 0 Å². The van der Waals surface area contributed by atoms with Crippen LogP contribution in [0.1, 0.15) is 43.6 Å². The number of rotatable bonds is 3. The number of nitrogens with zero attached hydrogens (tertiary/aromatic N) is 1. The molecule has 0 saturated carbocycles. The van der Waals surface area contributed by atoms with Crippen LogP contribution in [0, 0.1) is 5.41 Å². The van der Waals surface area contributed by atoms with Crippen LogP contribution in [-0.2, 0) is 4.84 Å². The van der Waals surface area contributed by atoms with Crippen molar-refractivity contribution in [1.82, 2.24) is 0 Å². The van der Waals surface area contributed by atoms with E-state index in [-0.39, 0.29) is 17.1 Å². The lowest BCUT2D eigenvalue weighted by Crippen LogP contribution is -2.26. The number of carbonyl (C=O) groups excluding carboxylic acids is 1. The van der Waals surface area contributed by atoms with Gasteiger partial charge < -0.3 is 9.94 Å². The number of oxime groups is 1. The summed E-state index contributed by atoms with van der Waals surface area (Å²) in [5.74, 6) is -0.217. The molecule has 1 aromatic carbocycles. The summed E-state index contributed by atoms with van der Waals surface area (Å²) in [6, 6.07) is 7.02. The minimum absolute atomic E-state index is 0.0148. The van der Waals surface area contributed by atoms with Gasteiger partial charge in [0.15, 0.2) is 5.78 Å². The van der Waals surface area contributed by atoms with Gasteiger partial charge in [0.2, 0.25) is 0 Å². The highest BCUT2D eigenvalue weighted by atomic mass is 16.6. The summed E-state index contributed by atoms with van der Waals surface area (Å²) in [5, 5.41) is 14.4. The van der Waals surface area contributed by atoms with Crippen molar-refractivity contribution in [3.63, 3.8) is 0 Å². The van der Waals surface area contributed by atoms with E-state index in [9.17, 15) is 9.90 Å². The maximum atomic E-state index is 12.5. The fourth-order valence-electron chi connectivity index (χ4n) is 2.17. The SMILES string of the molecule is CCO/N=C(/C1=C(O)c2ccccc2C1=O)C(C)(C)C. The average Bonchev–Trinajstić information content (AvgIpc) is 2.63. The zero-order chi connectivity index (χ0) is 14.9. The third-order valence-corrected chi connectivity index (χ3v) is 3.12. The lowest BCUT2D eigenvalue weighted by molar-refractivity contribution is 0.103. The van der Waals surface area contributed by atoms with Crippen molar-refractivity contribution in [3.8, 4) is 0 Å². The van der Waals surface area contributed by atoms with Gasteiger partial charge in [-0.25, -0.2) is 0 Å². The van der Waals surface area contributed by atoms with Crippen LogP contribution in [0.4, 0.5) is 0 Å². The van der Waals surface area contributed by atoms with Gasteiger partial charge in [-0.15, -0.1) is 0 Å². The van der Waals surface area contributed by atoms with Crippen molar-refractivity contribution in [1.29, 1.82) is 0 Å². The molecule has 0 saturated heterocycles. The van der Waals surface area contributed by atoms with Crippen LogP contribution < -0.4 is 0 Å². The number of carbonyl (C=O) groups is 1. The number of benzene rings is 1. The van der Waals surface area contributed by atoms with Gasteiger partial charge in [-0.3, -0.25) is 4.79 Å². The molecule has 1 aromatic rings. The van der Waals surface area contributed by atoms with Crippen LogP contribution in [-0.4, -0.2) is 23.2 Å². The Morgan fingerprint density at radius 3 is 2.35 bits per heavy atom. The van der Waals surface area contributed by atoms with E-state index in [2.05, 4.69) is 5.16 Å². The summed E-state index contributed by atoms with van der Waals surface area (Å²) in [6.07, 6.45) is 0. The number of ketones is 1. The van der Waals surface area contributed by atoms with Crippen molar-refractivity contribution < 1.29 is 14.7 Å². The van der Waals surface area contributed by atoms with E-state index >= 15 is 0 Å². The van der Waals surface area contributed by atoms with Crippen molar-refractivity contribution in [2.24, 2.45) is 10.6 Å². The molecule has 4 heteroatoms. The Balaban J connectivity index is 2.57. The maximum Gasteiger partial charge on any atom is 0.199 e. The molecule has 0 aliphatic heterocycles. The lowest BCUT2D eigenvalue weighted by Gasteiger charge is -2.21. The van der Waals surface area contributed by atoms with Crippen LogP contribution >= 0.6 is 0 Å². The predicted octanol–water partition coefficient (Wildman–Crippen LogP) is 3.59. The molecule has 0 amide bonds. The van der Waals surface area contributed by atoms with Crippen LogP contribution in [0.25, 0.3) is 5.76 Å². The van der Waals surface area contributed by atoms with Gasteiger partial charge in [0.25, 0.3) is 0 Å². The average molecular weight is 273 g/mol. The number of hydrogen-bond acceptors (Lipinski definition) is 4. The normalized spacial score (nSPS) is 15.6. The van der Waals surface area contributed by atoms with E-state index in [1.54, 1.807) is 24.3 Å². The number of fused-ring (bicyclic) bond motifs is 1. The molecule has 106 valence electrons. The molecular formula is C16H19NO3. The Bertz CT molecular complexity index is 606. The van der Waals surface area contributed by atoms with Crippen molar-refractivity contribution in [3.05, 3.63) is 41.0 Å². The maximum absolute atomic E-state index is 12.5. The summed E-state index contributed by atoms with van der Waals surface area (Å²) in [7, 11) is 0. The molecule has 0 radical (unpaired) electrons. The van der Waals surface area contributed by atoms with E-state index in [1.807, 2.05) is 27.7 Å². The minimum Gasteiger partial charge on any atom is -0.506 e. The Morgan fingerprint density at radius 1 is 1.25 bits per heavy atom. The first kappa shape index (κ1) is 14.3. The smallest absolute Gasteiger partial charge is 0.199 e. The predicted molar refractivity (Wildman–Crippen MR) is 78.8 cm³/mol. The Kier molecular flexibility index (Phi) is 3.66. The highest BCUT2D eigenvalue weighted by Crippen LogP contribution is 2.35. The van der Waals surface area contributed by atoms with Gasteiger partial charge in [0.05, 0.1) is 11.3 Å². The molecule has 0 atom stereocenters. The molecule has 0 bridgehead atoms. The fraction of sp³-hybridized carbons (Fsp3) is 0.375. The molecule has 1 aliphatic rings. The fourth-order valence-corrected chi connectivity index (χ4v) is 2.17. The van der Waals surface area contributed by atoms with Crippen LogP contribution in [0.5, 0.6) is 0 Å². The highest BCUT2D eigenvalue weighted by Gasteiger charge is 2.37. The van der Waals surface area contributed by atoms with Gasteiger partial charge >= 0.3 is 0 Å². The third kappa shape index (κ3) is 2.33. The zero-order valence-corrected chi connectivity index (χ0v) is 12.2. The molecule has 20 heavy (non-hydrogen) atoms. The molecule has 0 heterocycles. The first-order chi connectivity index (χ1) is 9.38. The van der Waals surface area contributed by atoms with Gasteiger partial charge in [0, 0.05) is 16.5 Å². The van der Waals surface area contributed by atoms with Crippen molar-refractivity contribution in [2.75, 3.05) is 6.61 Å². The minimum atomic E-state index is -0.407. The molecule has 1 N–H and O–H groups in total. The molecule has 0 aromatic heterocycles. The van der Waals surface area contributed by atoms with E-state index < -0.39 is 5.41 Å². The molecule has 2 rings (SSSR count). The Morgan fingerprint density at radius 2 is 1.85 bits per heavy atom. The van der Waals surface area contributed by atoms with E-state index in [0.29, 0.717) is 23.4 Å². The second kappa shape index (κ2) is 5.12. The summed E-state index contributed by atoms with van der Waals surface area (Å²) in [6.45, 7) is 8.03. The second-order valence-corrected chi connectivity index (χ2v) is 5.71. The van der Waals surface area contributed by atoms with Crippen LogP contribution in [0.3, 0.4) is 0 Å². The van der Waals surface area contributed by atoms with Crippen LogP contribution in [0.15, 0.2) is 35.0 Å². The molecule has 4 nitrogen and oxygen atoms in total. The topological polar surface area (TPSA) is 58.9 Å². The quantitative estimate of drug-likeness (QED) is 0.676. The molecular weight excluding hydrogens is 254 g/mol. The number of hydrogen-bond donors (Lipinski definition) is 1. The van der Waals surface area contributed by atoms with Gasteiger partial charge in [-0.1, -0.05) is 50.2 Å². The van der Waals surface area contributed by atoms with E-state index in [4.69, 9.17) is 4.84 Å². The second-order valence-electron chi connectivity index (χ2n) is 5.71. The zero-order valence-electron chi connectivity index (χ0n) is 12.2. The first-order valence-corrected chi connectivity index (χ1v) is 6.66. The standard InChI is InChI=1S/C16H19NO3/c1-5-20-17-15(16(2,3)4)12-13(18)10-8-6-7-9-11(10)14(12)19/h6-9,18H,5H2,1-4H3/b17-15-. The number of aliphatic hydroxyl groups is 1. The summed E-state index contributed by atoms with van der Waals surface area (Å²) in [5.41, 5.74) is 1.37. The number of Topliss-reactive ketones (excluding diaryl/α,β-unsaturated/α-hetero) is 1. The van der Waals surface area contributed by atoms with Crippen molar-refractivity contribution >= 4 is 17.3 Å².